The van der Waals surface area contributed by atoms with Gasteiger partial charge < -0.3 is 10.6 Å². The van der Waals surface area contributed by atoms with Gasteiger partial charge in [0.1, 0.15) is 11.5 Å². The Kier molecular flexibility index (Phi) is 5.02. The van der Waals surface area contributed by atoms with Crippen LogP contribution in [-0.2, 0) is 0 Å². The van der Waals surface area contributed by atoms with Gasteiger partial charge in [-0.3, -0.25) is 9.89 Å². The van der Waals surface area contributed by atoms with Crippen LogP contribution in [-0.4, -0.2) is 35.7 Å². The summed E-state index contributed by atoms with van der Waals surface area (Å²) in [5.41, 5.74) is 1.83. The first-order valence-electron chi connectivity index (χ1n) is 8.02. The molecule has 5 nitrogen and oxygen atoms in total. The Bertz CT molecular complexity index is 647. The number of halogens is 1. The van der Waals surface area contributed by atoms with Crippen LogP contribution >= 0.6 is 0 Å². The molecule has 1 aromatic heterocycles. The number of hydrogen-bond donors (Lipinski definition) is 3. The number of aromatic amines is 1. The van der Waals surface area contributed by atoms with Crippen molar-refractivity contribution in [2.24, 2.45) is 5.92 Å². The lowest BCUT2D eigenvalue weighted by molar-refractivity contribution is 0.0945. The number of aromatic nitrogens is 2. The second-order valence-electron chi connectivity index (χ2n) is 5.93. The Hall–Kier alpha value is -2.21. The van der Waals surface area contributed by atoms with E-state index in [-0.39, 0.29) is 11.7 Å². The topological polar surface area (TPSA) is 69.8 Å². The number of nitrogens with zero attached hydrogens (tertiary/aromatic N) is 1. The molecule has 0 aliphatic carbocycles. The summed E-state index contributed by atoms with van der Waals surface area (Å²) in [7, 11) is 0. The lowest BCUT2D eigenvalue weighted by atomic mass is 9.96. The van der Waals surface area contributed by atoms with E-state index in [9.17, 15) is 9.18 Å². The number of nitrogens with one attached hydrogen (secondary N) is 3. The molecule has 1 aliphatic rings. The zero-order valence-electron chi connectivity index (χ0n) is 12.9. The van der Waals surface area contributed by atoms with Crippen molar-refractivity contribution < 1.29 is 9.18 Å². The standard InChI is InChI=1S/C17H21FN4O/c18-14-5-3-13(4-6-14)15-10-16(22-21-15)17(23)20-9-7-12-2-1-8-19-11-12/h3-6,10,12,19H,1-2,7-9,11H2,(H,20,23)(H,21,22). The molecule has 1 fully saturated rings. The highest BCUT2D eigenvalue weighted by molar-refractivity contribution is 5.93. The van der Waals surface area contributed by atoms with Crippen LogP contribution < -0.4 is 10.6 Å². The molecular formula is C17H21FN4O. The number of hydrogen-bond acceptors (Lipinski definition) is 3. The molecule has 0 spiro atoms. The molecular weight excluding hydrogens is 295 g/mol. The molecule has 122 valence electrons. The Morgan fingerprint density at radius 1 is 1.35 bits per heavy atom. The van der Waals surface area contributed by atoms with Crippen LogP contribution in [0.3, 0.4) is 0 Å². The van der Waals surface area contributed by atoms with Gasteiger partial charge in [0, 0.05) is 12.1 Å². The monoisotopic (exact) mass is 316 g/mol. The summed E-state index contributed by atoms with van der Waals surface area (Å²) < 4.78 is 12.9. The maximum atomic E-state index is 12.9. The summed E-state index contributed by atoms with van der Waals surface area (Å²) in [5.74, 6) is 0.190. The number of benzene rings is 1. The van der Waals surface area contributed by atoms with Gasteiger partial charge in [0.15, 0.2) is 0 Å². The van der Waals surface area contributed by atoms with Gasteiger partial charge in [-0.25, -0.2) is 4.39 Å². The van der Waals surface area contributed by atoms with E-state index >= 15 is 0 Å². The zero-order valence-corrected chi connectivity index (χ0v) is 12.9. The van der Waals surface area contributed by atoms with Crippen LogP contribution in [0.15, 0.2) is 30.3 Å². The fourth-order valence-electron chi connectivity index (χ4n) is 2.86. The van der Waals surface area contributed by atoms with Gasteiger partial charge in [-0.2, -0.15) is 5.10 Å². The van der Waals surface area contributed by atoms with E-state index in [0.29, 0.717) is 23.9 Å². The third-order valence-electron chi connectivity index (χ3n) is 4.20. The first kappa shape index (κ1) is 15.7. The molecule has 1 aliphatic heterocycles. The van der Waals surface area contributed by atoms with Gasteiger partial charge in [0.05, 0.1) is 5.69 Å². The minimum Gasteiger partial charge on any atom is -0.351 e. The molecule has 1 unspecified atom stereocenters. The first-order valence-corrected chi connectivity index (χ1v) is 8.02. The van der Waals surface area contributed by atoms with Gasteiger partial charge in [-0.05, 0) is 68.6 Å². The molecule has 2 aromatic rings. The van der Waals surface area contributed by atoms with Crippen molar-refractivity contribution in [1.82, 2.24) is 20.8 Å². The average molecular weight is 316 g/mol. The van der Waals surface area contributed by atoms with E-state index in [1.54, 1.807) is 18.2 Å². The van der Waals surface area contributed by atoms with Crippen molar-refractivity contribution in [3.63, 3.8) is 0 Å². The molecule has 0 bridgehead atoms. The molecule has 3 N–H and O–H groups in total. The number of piperidine rings is 1. The molecule has 1 saturated heterocycles. The molecule has 23 heavy (non-hydrogen) atoms. The van der Waals surface area contributed by atoms with Crippen molar-refractivity contribution in [2.75, 3.05) is 19.6 Å². The molecule has 3 rings (SSSR count). The fraction of sp³-hybridized carbons (Fsp3) is 0.412. The molecule has 1 amide bonds. The summed E-state index contributed by atoms with van der Waals surface area (Å²) in [6, 6.07) is 7.72. The summed E-state index contributed by atoms with van der Waals surface area (Å²) in [4.78, 5) is 12.1. The van der Waals surface area contributed by atoms with E-state index in [4.69, 9.17) is 0 Å². The minimum absolute atomic E-state index is 0.158. The molecule has 1 aromatic carbocycles. The largest absolute Gasteiger partial charge is 0.351 e. The van der Waals surface area contributed by atoms with Gasteiger partial charge in [0.2, 0.25) is 0 Å². The van der Waals surface area contributed by atoms with E-state index in [1.165, 1.54) is 25.0 Å². The SMILES string of the molecule is O=C(NCCC1CCCNC1)c1cc(-c2ccc(F)cc2)n[nH]1. The van der Waals surface area contributed by atoms with Crippen molar-refractivity contribution in [3.8, 4) is 11.3 Å². The van der Waals surface area contributed by atoms with Gasteiger partial charge in [0.25, 0.3) is 5.91 Å². The zero-order chi connectivity index (χ0) is 16.1. The van der Waals surface area contributed by atoms with Crippen molar-refractivity contribution in [1.29, 1.82) is 0 Å². The second-order valence-corrected chi connectivity index (χ2v) is 5.93. The highest BCUT2D eigenvalue weighted by atomic mass is 19.1. The van der Waals surface area contributed by atoms with Crippen molar-refractivity contribution in [2.45, 2.75) is 19.3 Å². The van der Waals surface area contributed by atoms with Gasteiger partial charge >= 0.3 is 0 Å². The van der Waals surface area contributed by atoms with Crippen LogP contribution in [0.2, 0.25) is 0 Å². The number of carbonyl (C=O) groups excluding carboxylic acids is 1. The highest BCUT2D eigenvalue weighted by Gasteiger charge is 2.14. The van der Waals surface area contributed by atoms with Crippen molar-refractivity contribution in [3.05, 3.63) is 41.8 Å². The summed E-state index contributed by atoms with van der Waals surface area (Å²) in [5, 5.41) is 13.2. The Morgan fingerprint density at radius 3 is 2.91 bits per heavy atom. The maximum absolute atomic E-state index is 12.9. The smallest absolute Gasteiger partial charge is 0.269 e. The maximum Gasteiger partial charge on any atom is 0.269 e. The Balaban J connectivity index is 1.52. The third kappa shape index (κ3) is 4.16. The van der Waals surface area contributed by atoms with E-state index < -0.39 is 0 Å². The number of H-pyrrole nitrogens is 1. The van der Waals surface area contributed by atoms with Gasteiger partial charge in [-0.15, -0.1) is 0 Å². The van der Waals surface area contributed by atoms with Gasteiger partial charge in [-0.1, -0.05) is 0 Å². The minimum atomic E-state index is -0.292. The van der Waals surface area contributed by atoms with Crippen molar-refractivity contribution >= 4 is 5.91 Å². The lowest BCUT2D eigenvalue weighted by Gasteiger charge is -2.22. The normalized spacial score (nSPS) is 17.9. The van der Waals surface area contributed by atoms with Crippen LogP contribution in [0.4, 0.5) is 4.39 Å². The molecule has 2 heterocycles. The third-order valence-corrected chi connectivity index (χ3v) is 4.20. The summed E-state index contributed by atoms with van der Waals surface area (Å²) in [6.45, 7) is 2.80. The predicted octanol–water partition coefficient (Wildman–Crippen LogP) is 2.34. The van der Waals surface area contributed by atoms with Crippen LogP contribution in [0, 0.1) is 11.7 Å². The van der Waals surface area contributed by atoms with E-state index in [1.807, 2.05) is 0 Å². The highest BCUT2D eigenvalue weighted by Crippen LogP contribution is 2.18. The Labute approximate surface area is 134 Å². The number of amides is 1. The molecule has 6 heteroatoms. The molecule has 0 saturated carbocycles. The fourth-order valence-corrected chi connectivity index (χ4v) is 2.86. The Morgan fingerprint density at radius 2 is 2.17 bits per heavy atom. The van der Waals surface area contributed by atoms with Crippen LogP contribution in [0.5, 0.6) is 0 Å². The number of rotatable bonds is 5. The molecule has 1 atom stereocenters. The van der Waals surface area contributed by atoms with Crippen LogP contribution in [0.1, 0.15) is 29.8 Å². The van der Waals surface area contributed by atoms with Crippen LogP contribution in [0.25, 0.3) is 11.3 Å². The first-order chi connectivity index (χ1) is 11.2. The molecule has 0 radical (unpaired) electrons. The number of carbonyl (C=O) groups is 1. The summed E-state index contributed by atoms with van der Waals surface area (Å²) >= 11 is 0. The second kappa shape index (κ2) is 7.37. The predicted molar refractivity (Wildman–Crippen MR) is 86.5 cm³/mol. The average Bonchev–Trinajstić information content (AvgIpc) is 3.06. The quantitative estimate of drug-likeness (QED) is 0.793. The lowest BCUT2D eigenvalue weighted by Crippen LogP contribution is -2.33. The summed E-state index contributed by atoms with van der Waals surface area (Å²) in [6.07, 6.45) is 3.42. The van der Waals surface area contributed by atoms with E-state index in [0.717, 1.165) is 25.1 Å². The van der Waals surface area contributed by atoms with E-state index in [2.05, 4.69) is 20.8 Å².